The fraction of sp³-hybridized carbons (Fsp3) is 0.500. The highest BCUT2D eigenvalue weighted by Crippen LogP contribution is 2.31. The summed E-state index contributed by atoms with van der Waals surface area (Å²) in [5.41, 5.74) is 12.1. The van der Waals surface area contributed by atoms with Crippen molar-refractivity contribution in [3.8, 4) is 5.75 Å². The third-order valence-electron chi connectivity index (χ3n) is 3.53. The third-order valence-corrected chi connectivity index (χ3v) is 3.53. The van der Waals surface area contributed by atoms with Gasteiger partial charge in [0, 0.05) is 5.56 Å². The van der Waals surface area contributed by atoms with Crippen LogP contribution in [0.25, 0.3) is 0 Å². The molecule has 0 bridgehead atoms. The van der Waals surface area contributed by atoms with Crippen molar-refractivity contribution in [3.63, 3.8) is 0 Å². The fourth-order valence-electron chi connectivity index (χ4n) is 2.60. The first-order chi connectivity index (χ1) is 9.22. The summed E-state index contributed by atoms with van der Waals surface area (Å²) in [7, 11) is 1.69. The minimum Gasteiger partial charge on any atom is -0.496 e. The average Bonchev–Trinajstić information content (AvgIpc) is 2.93. The van der Waals surface area contributed by atoms with E-state index in [1.165, 1.54) is 12.8 Å². The molecule has 4 N–H and O–H groups in total. The molecule has 1 aliphatic rings. The van der Waals surface area contributed by atoms with Crippen LogP contribution in [-0.4, -0.2) is 37.6 Å². The fourth-order valence-corrected chi connectivity index (χ4v) is 2.60. The normalized spacial score (nSPS) is 16.2. The molecule has 0 radical (unpaired) electrons. The van der Waals surface area contributed by atoms with E-state index in [0.717, 1.165) is 24.4 Å². The standard InChI is InChI=1S/C14H22N4O.HI/c1-19-13-7-3-2-6-11(13)12(10-17-14(15)16)18-8-4-5-9-18;/h2-3,6-7,12H,4-5,8-10H2,1H3,(H4,15,16,17);1H. The molecular weight excluding hydrogens is 367 g/mol. The van der Waals surface area contributed by atoms with E-state index in [-0.39, 0.29) is 36.0 Å². The lowest BCUT2D eigenvalue weighted by atomic mass is 10.0. The summed E-state index contributed by atoms with van der Waals surface area (Å²) in [5, 5.41) is 0. The molecule has 5 nitrogen and oxygen atoms in total. The summed E-state index contributed by atoms with van der Waals surface area (Å²) in [6, 6.07) is 8.25. The zero-order chi connectivity index (χ0) is 13.7. The van der Waals surface area contributed by atoms with Crippen molar-refractivity contribution < 1.29 is 4.74 Å². The molecular formula is C14H23IN4O. The van der Waals surface area contributed by atoms with Crippen molar-refractivity contribution in [2.75, 3.05) is 26.7 Å². The number of halogens is 1. The lowest BCUT2D eigenvalue weighted by molar-refractivity contribution is 0.245. The van der Waals surface area contributed by atoms with Gasteiger partial charge < -0.3 is 16.2 Å². The topological polar surface area (TPSA) is 76.9 Å². The van der Waals surface area contributed by atoms with Crippen molar-refractivity contribution in [1.29, 1.82) is 0 Å². The Morgan fingerprint density at radius 3 is 2.55 bits per heavy atom. The average molecular weight is 390 g/mol. The Labute approximate surface area is 137 Å². The molecule has 0 aromatic heterocycles. The van der Waals surface area contributed by atoms with Crippen molar-refractivity contribution >= 4 is 29.9 Å². The number of rotatable bonds is 5. The molecule has 1 aromatic carbocycles. The van der Waals surface area contributed by atoms with E-state index >= 15 is 0 Å². The van der Waals surface area contributed by atoms with E-state index in [2.05, 4.69) is 16.0 Å². The molecule has 1 heterocycles. The second kappa shape index (κ2) is 8.31. The van der Waals surface area contributed by atoms with Crippen molar-refractivity contribution in [2.45, 2.75) is 18.9 Å². The molecule has 1 atom stereocenters. The second-order valence-corrected chi connectivity index (χ2v) is 4.77. The highest BCUT2D eigenvalue weighted by atomic mass is 127. The Kier molecular flexibility index (Phi) is 7.08. The molecule has 1 fully saturated rings. The van der Waals surface area contributed by atoms with E-state index < -0.39 is 0 Å². The molecule has 1 unspecified atom stereocenters. The molecule has 1 saturated heterocycles. The molecule has 1 aliphatic heterocycles. The number of para-hydroxylation sites is 1. The first-order valence-corrected chi connectivity index (χ1v) is 6.64. The summed E-state index contributed by atoms with van der Waals surface area (Å²) in [5.74, 6) is 1.03. The van der Waals surface area contributed by atoms with Crippen LogP contribution < -0.4 is 16.2 Å². The molecule has 0 saturated carbocycles. The Bertz CT molecular complexity index is 443. The number of hydrogen-bond donors (Lipinski definition) is 2. The van der Waals surface area contributed by atoms with Gasteiger partial charge in [-0.15, -0.1) is 24.0 Å². The van der Waals surface area contributed by atoms with Gasteiger partial charge in [0.15, 0.2) is 5.96 Å². The van der Waals surface area contributed by atoms with E-state index in [0.29, 0.717) is 6.54 Å². The number of methoxy groups -OCH3 is 1. The summed E-state index contributed by atoms with van der Waals surface area (Å²) in [4.78, 5) is 6.62. The van der Waals surface area contributed by atoms with Crippen LogP contribution in [0.2, 0.25) is 0 Å². The summed E-state index contributed by atoms with van der Waals surface area (Å²) >= 11 is 0. The first-order valence-electron chi connectivity index (χ1n) is 6.64. The molecule has 0 spiro atoms. The lowest BCUT2D eigenvalue weighted by Gasteiger charge is -2.27. The van der Waals surface area contributed by atoms with Gasteiger partial charge in [-0.2, -0.15) is 0 Å². The van der Waals surface area contributed by atoms with Crippen molar-refractivity contribution in [3.05, 3.63) is 29.8 Å². The molecule has 0 aliphatic carbocycles. The van der Waals surface area contributed by atoms with Gasteiger partial charge >= 0.3 is 0 Å². The zero-order valence-corrected chi connectivity index (χ0v) is 14.1. The maximum atomic E-state index is 5.47. The number of guanidine groups is 1. The van der Waals surface area contributed by atoms with Gasteiger partial charge in [-0.25, -0.2) is 0 Å². The Balaban J connectivity index is 0.00000200. The molecule has 2 rings (SSSR count). The minimum atomic E-state index is 0. The Morgan fingerprint density at radius 2 is 1.95 bits per heavy atom. The molecule has 1 aromatic rings. The Hall–Kier alpha value is -1.02. The van der Waals surface area contributed by atoms with Gasteiger partial charge in [-0.3, -0.25) is 9.89 Å². The van der Waals surface area contributed by atoms with E-state index in [9.17, 15) is 0 Å². The highest BCUT2D eigenvalue weighted by Gasteiger charge is 2.25. The van der Waals surface area contributed by atoms with Gasteiger partial charge in [0.1, 0.15) is 5.75 Å². The quantitative estimate of drug-likeness (QED) is 0.456. The number of nitrogens with zero attached hydrogens (tertiary/aromatic N) is 2. The smallest absolute Gasteiger partial charge is 0.185 e. The third kappa shape index (κ3) is 4.24. The van der Waals surface area contributed by atoms with E-state index in [1.807, 2.05) is 18.2 Å². The maximum absolute atomic E-state index is 5.47. The number of benzene rings is 1. The number of ether oxygens (including phenoxy) is 1. The van der Waals surface area contributed by atoms with Crippen LogP contribution in [0.5, 0.6) is 5.75 Å². The minimum absolute atomic E-state index is 0. The molecule has 112 valence electrons. The van der Waals surface area contributed by atoms with Crippen molar-refractivity contribution in [2.24, 2.45) is 16.5 Å². The van der Waals surface area contributed by atoms with Gasteiger partial charge in [-0.1, -0.05) is 18.2 Å². The van der Waals surface area contributed by atoms with Crippen LogP contribution in [0.4, 0.5) is 0 Å². The van der Waals surface area contributed by atoms with Gasteiger partial charge in [0.2, 0.25) is 0 Å². The van der Waals surface area contributed by atoms with Crippen LogP contribution in [-0.2, 0) is 0 Å². The van der Waals surface area contributed by atoms with E-state index in [1.54, 1.807) is 7.11 Å². The SMILES string of the molecule is COc1ccccc1C(CN=C(N)N)N1CCCC1.I. The molecule has 6 heteroatoms. The largest absolute Gasteiger partial charge is 0.496 e. The number of hydrogen-bond acceptors (Lipinski definition) is 3. The molecule has 0 amide bonds. The first kappa shape index (κ1) is 17.0. The number of likely N-dealkylation sites (tertiary alicyclic amines) is 1. The van der Waals surface area contributed by atoms with Gasteiger partial charge in [0.25, 0.3) is 0 Å². The van der Waals surface area contributed by atoms with Crippen molar-refractivity contribution in [1.82, 2.24) is 4.90 Å². The summed E-state index contributed by atoms with van der Waals surface area (Å²) < 4.78 is 5.46. The van der Waals surface area contributed by atoms with Crippen LogP contribution in [0.15, 0.2) is 29.3 Å². The predicted octanol–water partition coefficient (Wildman–Crippen LogP) is 1.72. The predicted molar refractivity (Wildman–Crippen MR) is 92.6 cm³/mol. The van der Waals surface area contributed by atoms with Crippen LogP contribution in [0.3, 0.4) is 0 Å². The monoisotopic (exact) mass is 390 g/mol. The summed E-state index contributed by atoms with van der Waals surface area (Å²) in [6.45, 7) is 2.74. The maximum Gasteiger partial charge on any atom is 0.185 e. The van der Waals surface area contributed by atoms with Crippen LogP contribution in [0, 0.1) is 0 Å². The van der Waals surface area contributed by atoms with Crippen LogP contribution >= 0.6 is 24.0 Å². The number of aliphatic imine (C=N–C) groups is 1. The van der Waals surface area contributed by atoms with E-state index in [4.69, 9.17) is 16.2 Å². The summed E-state index contributed by atoms with van der Waals surface area (Å²) in [6.07, 6.45) is 2.46. The number of nitrogens with two attached hydrogens (primary N) is 2. The van der Waals surface area contributed by atoms with Crippen LogP contribution in [0.1, 0.15) is 24.4 Å². The van der Waals surface area contributed by atoms with Gasteiger partial charge in [-0.05, 0) is 32.0 Å². The highest BCUT2D eigenvalue weighted by molar-refractivity contribution is 14.0. The zero-order valence-electron chi connectivity index (χ0n) is 11.8. The lowest BCUT2D eigenvalue weighted by Crippen LogP contribution is -2.30. The second-order valence-electron chi connectivity index (χ2n) is 4.77. The molecule has 20 heavy (non-hydrogen) atoms. The van der Waals surface area contributed by atoms with Gasteiger partial charge in [0.05, 0.1) is 19.7 Å². The Morgan fingerprint density at radius 1 is 1.30 bits per heavy atom.